The number of fused-ring (bicyclic) bond motifs is 3. The Labute approximate surface area is 166 Å². The van der Waals surface area contributed by atoms with Crippen LogP contribution in [-0.4, -0.2) is 39.0 Å². The number of carboxylic acid groups (broad SMARTS) is 1. The fraction of sp³-hybridized carbons (Fsp3) is 0.227. The van der Waals surface area contributed by atoms with Crippen molar-refractivity contribution in [3.63, 3.8) is 0 Å². The quantitative estimate of drug-likeness (QED) is 0.655. The predicted molar refractivity (Wildman–Crippen MR) is 106 cm³/mol. The van der Waals surface area contributed by atoms with E-state index in [1.54, 1.807) is 29.2 Å². The van der Waals surface area contributed by atoms with Crippen molar-refractivity contribution in [2.45, 2.75) is 18.8 Å². The summed E-state index contributed by atoms with van der Waals surface area (Å²) in [7, 11) is 0. The number of carbonyl (C=O) groups is 2. The van der Waals surface area contributed by atoms with Gasteiger partial charge in [0, 0.05) is 6.20 Å². The van der Waals surface area contributed by atoms with Gasteiger partial charge in [0.25, 0.3) is 0 Å². The Hall–Kier alpha value is -3.45. The lowest BCUT2D eigenvalue weighted by Gasteiger charge is -2.20. The van der Waals surface area contributed by atoms with Gasteiger partial charge < -0.3 is 15.2 Å². The summed E-state index contributed by atoms with van der Waals surface area (Å²) in [5, 5.41) is 18.9. The molecule has 5 rings (SSSR count). The Morgan fingerprint density at radius 3 is 2.66 bits per heavy atom. The molecular formula is C22H19N3O4. The van der Waals surface area contributed by atoms with Gasteiger partial charge in [-0.2, -0.15) is 5.10 Å². The van der Waals surface area contributed by atoms with E-state index in [0.29, 0.717) is 12.2 Å². The minimum Gasteiger partial charge on any atom is -0.481 e. The number of anilines is 1. The maximum atomic E-state index is 12.7. The van der Waals surface area contributed by atoms with E-state index in [1.165, 1.54) is 0 Å². The Morgan fingerprint density at radius 1 is 1.07 bits per heavy atom. The van der Waals surface area contributed by atoms with E-state index in [4.69, 9.17) is 4.74 Å². The number of amides is 1. The van der Waals surface area contributed by atoms with Gasteiger partial charge in [0.05, 0.1) is 36.6 Å². The average molecular weight is 389 g/mol. The SMILES string of the molecule is O=C(O)[C@@H]1[C@@H](C(=O)Nc2cnn(Cc3cccc4ccccc34)c2)[C@H]2C=C[C@@H]1O2. The van der Waals surface area contributed by atoms with Crippen LogP contribution in [-0.2, 0) is 20.9 Å². The van der Waals surface area contributed by atoms with E-state index in [2.05, 4.69) is 34.7 Å². The normalized spacial score (nSPS) is 24.8. The molecule has 2 aromatic carbocycles. The highest BCUT2D eigenvalue weighted by atomic mass is 16.5. The van der Waals surface area contributed by atoms with Gasteiger partial charge in [0.1, 0.15) is 5.92 Å². The van der Waals surface area contributed by atoms with Gasteiger partial charge >= 0.3 is 5.97 Å². The van der Waals surface area contributed by atoms with Crippen LogP contribution in [0.4, 0.5) is 5.69 Å². The van der Waals surface area contributed by atoms with Crippen LogP contribution in [0.5, 0.6) is 0 Å². The van der Waals surface area contributed by atoms with Crippen LogP contribution in [0.2, 0.25) is 0 Å². The summed E-state index contributed by atoms with van der Waals surface area (Å²) in [4.78, 5) is 24.3. The summed E-state index contributed by atoms with van der Waals surface area (Å²) in [6, 6.07) is 14.3. The van der Waals surface area contributed by atoms with E-state index in [9.17, 15) is 14.7 Å². The number of aromatic nitrogens is 2. The molecule has 2 aliphatic heterocycles. The minimum absolute atomic E-state index is 0.362. The molecule has 0 unspecified atom stereocenters. The van der Waals surface area contributed by atoms with Gasteiger partial charge in [-0.25, -0.2) is 0 Å². The first-order valence-electron chi connectivity index (χ1n) is 9.47. The van der Waals surface area contributed by atoms with Gasteiger partial charge in [-0.15, -0.1) is 0 Å². The van der Waals surface area contributed by atoms with Crippen molar-refractivity contribution in [3.05, 3.63) is 72.6 Å². The van der Waals surface area contributed by atoms with Crippen molar-refractivity contribution in [2.75, 3.05) is 5.32 Å². The zero-order chi connectivity index (χ0) is 20.0. The topological polar surface area (TPSA) is 93.5 Å². The number of rotatable bonds is 5. The molecule has 7 nitrogen and oxygen atoms in total. The lowest BCUT2D eigenvalue weighted by molar-refractivity contribution is -0.145. The molecule has 0 aliphatic carbocycles. The highest BCUT2D eigenvalue weighted by Gasteiger charge is 2.53. The summed E-state index contributed by atoms with van der Waals surface area (Å²) in [5.41, 5.74) is 1.66. The third-order valence-electron chi connectivity index (χ3n) is 5.60. The maximum absolute atomic E-state index is 12.7. The van der Waals surface area contributed by atoms with E-state index < -0.39 is 30.0 Å². The average Bonchev–Trinajstić information content (AvgIpc) is 3.44. The van der Waals surface area contributed by atoms with Crippen molar-refractivity contribution >= 4 is 28.3 Å². The number of benzene rings is 2. The molecule has 1 amide bonds. The number of nitrogens with zero attached hydrogens (tertiary/aromatic N) is 2. The van der Waals surface area contributed by atoms with Crippen molar-refractivity contribution in [3.8, 4) is 0 Å². The number of ether oxygens (including phenoxy) is 1. The van der Waals surface area contributed by atoms with Crippen LogP contribution in [0.1, 0.15) is 5.56 Å². The van der Waals surface area contributed by atoms with E-state index in [1.807, 2.05) is 18.2 Å². The molecule has 146 valence electrons. The van der Waals surface area contributed by atoms with E-state index in [-0.39, 0.29) is 5.91 Å². The summed E-state index contributed by atoms with van der Waals surface area (Å²) >= 11 is 0. The fourth-order valence-corrected chi connectivity index (χ4v) is 4.26. The van der Waals surface area contributed by atoms with Gasteiger partial charge in [-0.1, -0.05) is 54.6 Å². The molecule has 4 atom stereocenters. The molecule has 1 saturated heterocycles. The second-order valence-electron chi connectivity index (χ2n) is 7.39. The van der Waals surface area contributed by atoms with Gasteiger partial charge in [-0.3, -0.25) is 14.3 Å². The van der Waals surface area contributed by atoms with Crippen molar-refractivity contribution < 1.29 is 19.4 Å². The Morgan fingerprint density at radius 2 is 1.83 bits per heavy atom. The van der Waals surface area contributed by atoms with Gasteiger partial charge in [-0.05, 0) is 16.3 Å². The number of carbonyl (C=O) groups excluding carboxylic acids is 1. The summed E-state index contributed by atoms with van der Waals surface area (Å²) in [6.45, 7) is 0.564. The van der Waals surface area contributed by atoms with Crippen LogP contribution in [0, 0.1) is 11.8 Å². The zero-order valence-corrected chi connectivity index (χ0v) is 15.4. The summed E-state index contributed by atoms with van der Waals surface area (Å²) in [5.74, 6) is -2.99. The number of hydrogen-bond acceptors (Lipinski definition) is 4. The van der Waals surface area contributed by atoms with Crippen LogP contribution >= 0.6 is 0 Å². The molecule has 0 saturated carbocycles. The lowest BCUT2D eigenvalue weighted by Crippen LogP contribution is -2.39. The molecule has 29 heavy (non-hydrogen) atoms. The molecule has 0 spiro atoms. The Balaban J connectivity index is 1.32. The largest absolute Gasteiger partial charge is 0.481 e. The fourth-order valence-electron chi connectivity index (χ4n) is 4.26. The van der Waals surface area contributed by atoms with E-state index in [0.717, 1.165) is 16.3 Å². The standard InChI is InChI=1S/C22H19N3O4/c26-21(19-17-8-9-18(29-17)20(19)22(27)28)24-15-10-23-25(12-15)11-14-6-3-5-13-4-1-2-7-16(13)14/h1-10,12,17-20H,11H2,(H,24,26)(H,27,28)/t17-,18+,19+,20+/m1/s1. The van der Waals surface area contributed by atoms with Crippen LogP contribution in [0.15, 0.2) is 67.0 Å². The molecular weight excluding hydrogens is 370 g/mol. The minimum atomic E-state index is -1.02. The molecule has 0 radical (unpaired) electrons. The first-order chi connectivity index (χ1) is 14.1. The van der Waals surface area contributed by atoms with Crippen LogP contribution in [0.25, 0.3) is 10.8 Å². The highest BCUT2D eigenvalue weighted by Crippen LogP contribution is 2.39. The first-order valence-corrected chi connectivity index (χ1v) is 9.47. The summed E-state index contributed by atoms with van der Waals surface area (Å²) in [6.07, 6.45) is 5.77. The monoisotopic (exact) mass is 389 g/mol. The second kappa shape index (κ2) is 6.86. The van der Waals surface area contributed by atoms with Crippen molar-refractivity contribution in [2.24, 2.45) is 11.8 Å². The molecule has 3 heterocycles. The first kappa shape index (κ1) is 17.6. The third-order valence-corrected chi connectivity index (χ3v) is 5.60. The highest BCUT2D eigenvalue weighted by molar-refractivity contribution is 5.96. The predicted octanol–water partition coefficient (Wildman–Crippen LogP) is 2.68. The smallest absolute Gasteiger partial charge is 0.310 e. The molecule has 1 aromatic heterocycles. The summed E-state index contributed by atoms with van der Waals surface area (Å²) < 4.78 is 7.32. The van der Waals surface area contributed by atoms with Gasteiger partial charge in [0.15, 0.2) is 0 Å². The number of nitrogens with one attached hydrogen (secondary N) is 1. The molecule has 7 heteroatoms. The zero-order valence-electron chi connectivity index (χ0n) is 15.4. The Bertz CT molecular complexity index is 1130. The van der Waals surface area contributed by atoms with Crippen LogP contribution in [0.3, 0.4) is 0 Å². The Kier molecular flexibility index (Phi) is 4.17. The molecule has 2 N–H and O–H groups in total. The molecule has 2 bridgehead atoms. The van der Waals surface area contributed by atoms with Crippen LogP contribution < -0.4 is 5.32 Å². The lowest BCUT2D eigenvalue weighted by atomic mass is 9.82. The van der Waals surface area contributed by atoms with Crippen molar-refractivity contribution in [1.29, 1.82) is 0 Å². The molecule has 3 aromatic rings. The van der Waals surface area contributed by atoms with Crippen molar-refractivity contribution in [1.82, 2.24) is 9.78 Å². The maximum Gasteiger partial charge on any atom is 0.310 e. The van der Waals surface area contributed by atoms with Gasteiger partial charge in [0.2, 0.25) is 5.91 Å². The molecule has 2 aliphatic rings. The number of carboxylic acids is 1. The number of hydrogen-bond donors (Lipinski definition) is 2. The van der Waals surface area contributed by atoms with E-state index >= 15 is 0 Å². The molecule has 1 fully saturated rings. The number of aliphatic carboxylic acids is 1. The second-order valence-corrected chi connectivity index (χ2v) is 7.39. The third kappa shape index (κ3) is 3.09.